The van der Waals surface area contributed by atoms with E-state index >= 15 is 0 Å². The summed E-state index contributed by atoms with van der Waals surface area (Å²) in [5, 5.41) is 8.01. The molecule has 32 heavy (non-hydrogen) atoms. The number of nitrogens with two attached hydrogens (primary N) is 2. The van der Waals surface area contributed by atoms with Crippen LogP contribution in [-0.4, -0.2) is 35.7 Å². The summed E-state index contributed by atoms with van der Waals surface area (Å²) in [6.07, 6.45) is 0.464. The molecule has 0 aliphatic rings. The lowest BCUT2D eigenvalue weighted by Crippen LogP contribution is -2.35. The highest BCUT2D eigenvalue weighted by molar-refractivity contribution is 7.99. The van der Waals surface area contributed by atoms with E-state index in [0.29, 0.717) is 29.0 Å². The molecule has 0 saturated heterocycles. The lowest BCUT2D eigenvalue weighted by Gasteiger charge is -2.13. The van der Waals surface area contributed by atoms with E-state index in [0.717, 1.165) is 5.56 Å². The number of amides is 3. The van der Waals surface area contributed by atoms with Crippen LogP contribution >= 0.6 is 11.8 Å². The van der Waals surface area contributed by atoms with Gasteiger partial charge < -0.3 is 5.73 Å². The third kappa shape index (κ3) is 5.93. The molecule has 5 N–H and O–H groups in total. The molecule has 10 nitrogen and oxygen atoms in total. The van der Waals surface area contributed by atoms with Crippen molar-refractivity contribution in [3.05, 3.63) is 64.4 Å². The van der Waals surface area contributed by atoms with Crippen LogP contribution in [0, 0.1) is 0 Å². The van der Waals surface area contributed by atoms with E-state index in [1.54, 1.807) is 36.4 Å². The quantitative estimate of drug-likeness (QED) is 0.322. The van der Waals surface area contributed by atoms with E-state index in [1.807, 2.05) is 5.32 Å². The summed E-state index contributed by atoms with van der Waals surface area (Å²) in [5.41, 5.74) is 6.06. The summed E-state index contributed by atoms with van der Waals surface area (Å²) < 4.78 is 24.3. The monoisotopic (exact) mass is 475 g/mol. The molecule has 0 unspecified atom stereocenters. The fourth-order valence-corrected chi connectivity index (χ4v) is 4.46. The Bertz CT molecular complexity index is 1320. The maximum atomic E-state index is 13.1. The number of imide groups is 1. The number of thioether (sulfide) groups is 1. The number of hydrogen-bond donors (Lipinski definition) is 3. The molecule has 0 spiro atoms. The molecular weight excluding hydrogens is 454 g/mol. The Labute approximate surface area is 188 Å². The molecule has 0 radical (unpaired) electrons. The molecule has 0 aliphatic carbocycles. The van der Waals surface area contributed by atoms with Gasteiger partial charge in [-0.1, -0.05) is 36.0 Å². The van der Waals surface area contributed by atoms with Crippen molar-refractivity contribution in [1.29, 1.82) is 0 Å². The van der Waals surface area contributed by atoms with Crippen LogP contribution < -0.4 is 21.7 Å². The molecule has 168 valence electrons. The van der Waals surface area contributed by atoms with Gasteiger partial charge in [-0.15, -0.1) is 0 Å². The average Bonchev–Trinajstić information content (AvgIpc) is 2.72. The van der Waals surface area contributed by atoms with Gasteiger partial charge in [-0.05, 0) is 36.2 Å². The van der Waals surface area contributed by atoms with E-state index in [9.17, 15) is 22.8 Å². The zero-order valence-electron chi connectivity index (χ0n) is 16.9. The first kappa shape index (κ1) is 23.4. The lowest BCUT2D eigenvalue weighted by atomic mass is 10.1. The summed E-state index contributed by atoms with van der Waals surface area (Å²) in [7, 11) is -3.78. The first-order valence-electron chi connectivity index (χ1n) is 9.48. The summed E-state index contributed by atoms with van der Waals surface area (Å²) in [5.74, 6) is -0.234. The minimum atomic E-state index is -3.78. The number of hydrogen-bond acceptors (Lipinski definition) is 7. The van der Waals surface area contributed by atoms with Gasteiger partial charge in [-0.3, -0.25) is 19.5 Å². The number of aromatic nitrogens is 2. The first-order valence-corrected chi connectivity index (χ1v) is 12.0. The van der Waals surface area contributed by atoms with Gasteiger partial charge in [0.15, 0.2) is 5.16 Å². The number of fused-ring (bicyclic) bond motifs is 1. The summed E-state index contributed by atoms with van der Waals surface area (Å²) >= 11 is 1.22. The van der Waals surface area contributed by atoms with Crippen molar-refractivity contribution in [2.45, 2.75) is 29.4 Å². The summed E-state index contributed by atoms with van der Waals surface area (Å²) in [6, 6.07) is 12.1. The number of urea groups is 1. The predicted octanol–water partition coefficient (Wildman–Crippen LogP) is 0.964. The topological polar surface area (TPSA) is 167 Å². The van der Waals surface area contributed by atoms with Crippen LogP contribution in [0.15, 0.2) is 63.4 Å². The minimum absolute atomic E-state index is 0.0104. The van der Waals surface area contributed by atoms with E-state index < -0.39 is 22.0 Å². The second-order valence-corrected chi connectivity index (χ2v) is 9.44. The van der Waals surface area contributed by atoms with Crippen LogP contribution in [0.1, 0.15) is 12.0 Å². The van der Waals surface area contributed by atoms with Gasteiger partial charge in [0.25, 0.3) is 5.56 Å². The number of sulfonamides is 1. The zero-order valence-corrected chi connectivity index (χ0v) is 18.5. The van der Waals surface area contributed by atoms with Crippen LogP contribution in [0.4, 0.5) is 4.79 Å². The van der Waals surface area contributed by atoms with Crippen molar-refractivity contribution in [3.63, 3.8) is 0 Å². The van der Waals surface area contributed by atoms with E-state index in [1.165, 1.54) is 28.5 Å². The Morgan fingerprint density at radius 1 is 1.09 bits per heavy atom. The zero-order chi connectivity index (χ0) is 23.3. The summed E-state index contributed by atoms with van der Waals surface area (Å²) in [6.45, 7) is 0.293. The highest BCUT2D eigenvalue weighted by Gasteiger charge is 2.13. The van der Waals surface area contributed by atoms with E-state index in [4.69, 9.17) is 10.9 Å². The molecule has 2 aromatic carbocycles. The Morgan fingerprint density at radius 2 is 1.78 bits per heavy atom. The number of benzene rings is 2. The van der Waals surface area contributed by atoms with Crippen molar-refractivity contribution in [1.82, 2.24) is 14.9 Å². The van der Waals surface area contributed by atoms with Gasteiger partial charge >= 0.3 is 6.03 Å². The van der Waals surface area contributed by atoms with Crippen molar-refractivity contribution in [3.8, 4) is 0 Å². The SMILES string of the molecule is NC(=O)NC(=O)CCSc1nc2ccccc2c(=O)n1CCc1ccc(S(N)(=O)=O)cc1. The number of rotatable bonds is 8. The Balaban J connectivity index is 1.83. The highest BCUT2D eigenvalue weighted by atomic mass is 32.2. The molecule has 0 fully saturated rings. The van der Waals surface area contributed by atoms with Gasteiger partial charge in [0.2, 0.25) is 15.9 Å². The number of para-hydroxylation sites is 1. The molecule has 12 heteroatoms. The van der Waals surface area contributed by atoms with Gasteiger partial charge in [0, 0.05) is 18.7 Å². The van der Waals surface area contributed by atoms with E-state index in [2.05, 4.69) is 4.98 Å². The third-order valence-electron chi connectivity index (χ3n) is 4.53. The third-order valence-corrected chi connectivity index (χ3v) is 6.43. The molecule has 3 rings (SSSR count). The fourth-order valence-electron chi connectivity index (χ4n) is 2.98. The van der Waals surface area contributed by atoms with Crippen molar-refractivity contribution < 1.29 is 18.0 Å². The largest absolute Gasteiger partial charge is 0.351 e. The number of primary sulfonamides is 1. The van der Waals surface area contributed by atoms with Crippen LogP contribution in [0.5, 0.6) is 0 Å². The summed E-state index contributed by atoms with van der Waals surface area (Å²) in [4.78, 5) is 40.1. The number of carbonyl (C=O) groups is 2. The van der Waals surface area contributed by atoms with Crippen LogP contribution in [-0.2, 0) is 27.8 Å². The number of aryl methyl sites for hydroxylation is 1. The number of carbonyl (C=O) groups excluding carboxylic acids is 2. The number of nitrogens with one attached hydrogen (secondary N) is 1. The fraction of sp³-hybridized carbons (Fsp3) is 0.200. The maximum Gasteiger partial charge on any atom is 0.318 e. The Hall–Kier alpha value is -3.22. The van der Waals surface area contributed by atoms with E-state index in [-0.39, 0.29) is 22.6 Å². The Morgan fingerprint density at radius 3 is 2.44 bits per heavy atom. The normalized spacial score (nSPS) is 11.4. The first-order chi connectivity index (χ1) is 15.1. The van der Waals surface area contributed by atoms with Crippen LogP contribution in [0.3, 0.4) is 0 Å². The molecular formula is C20H21N5O5S2. The molecule has 1 heterocycles. The minimum Gasteiger partial charge on any atom is -0.351 e. The van der Waals surface area contributed by atoms with Gasteiger partial charge in [0.05, 0.1) is 15.8 Å². The predicted molar refractivity (Wildman–Crippen MR) is 121 cm³/mol. The molecule has 0 aliphatic heterocycles. The number of nitrogens with zero attached hydrogens (tertiary/aromatic N) is 2. The van der Waals surface area contributed by atoms with Crippen molar-refractivity contribution in [2.75, 3.05) is 5.75 Å². The molecule has 1 aromatic heterocycles. The molecule has 3 aromatic rings. The van der Waals surface area contributed by atoms with Crippen molar-refractivity contribution in [2.24, 2.45) is 10.9 Å². The van der Waals surface area contributed by atoms with Gasteiger partial charge in [0.1, 0.15) is 0 Å². The lowest BCUT2D eigenvalue weighted by molar-refractivity contribution is -0.119. The van der Waals surface area contributed by atoms with Gasteiger partial charge in [-0.25, -0.2) is 23.3 Å². The van der Waals surface area contributed by atoms with Gasteiger partial charge in [-0.2, -0.15) is 0 Å². The molecule has 3 amide bonds. The second kappa shape index (κ2) is 9.94. The number of primary amides is 1. The molecule has 0 atom stereocenters. The average molecular weight is 476 g/mol. The highest BCUT2D eigenvalue weighted by Crippen LogP contribution is 2.19. The maximum absolute atomic E-state index is 13.1. The molecule has 0 bridgehead atoms. The van der Waals surface area contributed by atoms with Crippen LogP contribution in [0.25, 0.3) is 10.9 Å². The standard InChI is InChI=1S/C20H21N5O5S2/c21-19(28)24-17(26)10-12-31-20-23-16-4-2-1-3-15(16)18(27)25(20)11-9-13-5-7-14(8-6-13)32(22,29)30/h1-8H,9-12H2,(H2,22,29,30)(H3,21,24,26,28). The smallest absolute Gasteiger partial charge is 0.318 e. The van der Waals surface area contributed by atoms with Crippen molar-refractivity contribution >= 4 is 44.6 Å². The second-order valence-electron chi connectivity index (χ2n) is 6.82. The Kier molecular flexibility index (Phi) is 7.28. The van der Waals surface area contributed by atoms with Crippen LogP contribution in [0.2, 0.25) is 0 Å². The molecule has 0 saturated carbocycles.